The van der Waals surface area contributed by atoms with Gasteiger partial charge in [-0.25, -0.2) is 4.39 Å². The van der Waals surface area contributed by atoms with E-state index in [4.69, 9.17) is 4.74 Å². The molecule has 0 radical (unpaired) electrons. The van der Waals surface area contributed by atoms with Crippen LogP contribution < -0.4 is 4.74 Å². The van der Waals surface area contributed by atoms with Crippen LogP contribution in [0.4, 0.5) is 4.39 Å². The minimum absolute atomic E-state index is 0.323. The lowest BCUT2D eigenvalue weighted by molar-refractivity contribution is 0.199. The van der Waals surface area contributed by atoms with Crippen LogP contribution in [0.15, 0.2) is 42.5 Å². The van der Waals surface area contributed by atoms with Crippen molar-refractivity contribution >= 4 is 0 Å². The molecule has 0 unspecified atom stereocenters. The molecule has 0 aliphatic heterocycles. The third-order valence-electron chi connectivity index (χ3n) is 2.74. The molecule has 0 spiro atoms. The number of rotatable bonds is 3. The highest BCUT2D eigenvalue weighted by atomic mass is 19.1. The Hall–Kier alpha value is -1.87. The Kier molecular flexibility index (Phi) is 3.63. The van der Waals surface area contributed by atoms with E-state index in [0.29, 0.717) is 11.5 Å². The highest BCUT2D eigenvalue weighted by Crippen LogP contribution is 2.26. The molecule has 0 aliphatic carbocycles. The molecule has 1 N–H and O–H groups in total. The van der Waals surface area contributed by atoms with E-state index in [1.807, 2.05) is 6.92 Å². The third-order valence-corrected chi connectivity index (χ3v) is 2.74. The van der Waals surface area contributed by atoms with Crippen LogP contribution in [-0.4, -0.2) is 5.11 Å². The minimum atomic E-state index is -0.505. The quantitative estimate of drug-likeness (QED) is 0.887. The van der Waals surface area contributed by atoms with Gasteiger partial charge in [0, 0.05) is 6.07 Å². The molecule has 1 atom stereocenters. The first-order valence-electron chi connectivity index (χ1n) is 5.78. The zero-order valence-electron chi connectivity index (χ0n) is 10.4. The second-order valence-electron chi connectivity index (χ2n) is 4.26. The highest BCUT2D eigenvalue weighted by Gasteiger charge is 2.05. The zero-order valence-corrected chi connectivity index (χ0v) is 10.4. The maximum absolute atomic E-state index is 13.1. The Bertz CT molecular complexity index is 533. The Balaban J connectivity index is 2.21. The standard InChI is InChI=1S/C15H15FO2/c1-10-3-6-13(16)9-15(10)18-14-7-4-12(5-8-14)11(2)17/h3-9,11,17H,1-2H3/t11-/m0/s1. The van der Waals surface area contributed by atoms with Gasteiger partial charge in [-0.15, -0.1) is 0 Å². The first-order valence-corrected chi connectivity index (χ1v) is 5.78. The molecule has 2 rings (SSSR count). The lowest BCUT2D eigenvalue weighted by Gasteiger charge is -2.10. The maximum Gasteiger partial charge on any atom is 0.133 e. The summed E-state index contributed by atoms with van der Waals surface area (Å²) >= 11 is 0. The number of aliphatic hydroxyl groups is 1. The van der Waals surface area contributed by atoms with Gasteiger partial charge < -0.3 is 9.84 Å². The highest BCUT2D eigenvalue weighted by molar-refractivity contribution is 5.38. The topological polar surface area (TPSA) is 29.5 Å². The first-order chi connectivity index (χ1) is 8.56. The average Bonchev–Trinajstić information content (AvgIpc) is 2.34. The van der Waals surface area contributed by atoms with E-state index in [1.165, 1.54) is 12.1 Å². The van der Waals surface area contributed by atoms with Crippen molar-refractivity contribution in [1.82, 2.24) is 0 Å². The molecule has 2 aromatic rings. The molecule has 0 fully saturated rings. The van der Waals surface area contributed by atoms with Crippen molar-refractivity contribution in [2.45, 2.75) is 20.0 Å². The predicted octanol–water partition coefficient (Wildman–Crippen LogP) is 3.98. The second kappa shape index (κ2) is 5.19. The van der Waals surface area contributed by atoms with Crippen molar-refractivity contribution in [3.05, 3.63) is 59.4 Å². The number of benzene rings is 2. The molecular formula is C15H15FO2. The predicted molar refractivity (Wildman–Crippen MR) is 68.3 cm³/mol. The molecule has 0 bridgehead atoms. The van der Waals surface area contributed by atoms with Gasteiger partial charge in [0.25, 0.3) is 0 Å². The van der Waals surface area contributed by atoms with E-state index in [-0.39, 0.29) is 5.82 Å². The van der Waals surface area contributed by atoms with Crippen LogP contribution in [0.25, 0.3) is 0 Å². The second-order valence-corrected chi connectivity index (χ2v) is 4.26. The molecule has 3 heteroatoms. The molecule has 2 nitrogen and oxygen atoms in total. The molecule has 0 saturated heterocycles. The van der Waals surface area contributed by atoms with Gasteiger partial charge in [-0.05, 0) is 43.2 Å². The van der Waals surface area contributed by atoms with Crippen molar-refractivity contribution in [2.24, 2.45) is 0 Å². The molecule has 18 heavy (non-hydrogen) atoms. The van der Waals surface area contributed by atoms with E-state index < -0.39 is 6.10 Å². The van der Waals surface area contributed by atoms with Gasteiger partial charge in [0.15, 0.2) is 0 Å². The fourth-order valence-corrected chi connectivity index (χ4v) is 1.63. The van der Waals surface area contributed by atoms with Gasteiger partial charge in [0.05, 0.1) is 6.10 Å². The lowest BCUT2D eigenvalue weighted by Crippen LogP contribution is -1.92. The minimum Gasteiger partial charge on any atom is -0.457 e. The van der Waals surface area contributed by atoms with Crippen molar-refractivity contribution in [2.75, 3.05) is 0 Å². The Morgan fingerprint density at radius 3 is 2.39 bits per heavy atom. The Labute approximate surface area is 106 Å². The summed E-state index contributed by atoms with van der Waals surface area (Å²) in [6.45, 7) is 3.56. The van der Waals surface area contributed by atoms with Crippen LogP contribution in [-0.2, 0) is 0 Å². The Morgan fingerprint density at radius 1 is 1.11 bits per heavy atom. The largest absolute Gasteiger partial charge is 0.457 e. The number of halogens is 1. The van der Waals surface area contributed by atoms with E-state index in [1.54, 1.807) is 37.3 Å². The number of aliphatic hydroxyl groups excluding tert-OH is 1. The van der Waals surface area contributed by atoms with Crippen LogP contribution in [0.5, 0.6) is 11.5 Å². The number of aryl methyl sites for hydroxylation is 1. The van der Waals surface area contributed by atoms with E-state index in [0.717, 1.165) is 11.1 Å². The number of hydrogen-bond donors (Lipinski definition) is 1. The van der Waals surface area contributed by atoms with Crippen LogP contribution in [0.2, 0.25) is 0 Å². The van der Waals surface area contributed by atoms with Crippen molar-refractivity contribution in [3.63, 3.8) is 0 Å². The summed E-state index contributed by atoms with van der Waals surface area (Å²) in [5.41, 5.74) is 1.69. The van der Waals surface area contributed by atoms with Crippen LogP contribution >= 0.6 is 0 Å². The van der Waals surface area contributed by atoms with E-state index >= 15 is 0 Å². The molecule has 0 heterocycles. The van der Waals surface area contributed by atoms with Gasteiger partial charge in [0.1, 0.15) is 17.3 Å². The smallest absolute Gasteiger partial charge is 0.133 e. The summed E-state index contributed by atoms with van der Waals surface area (Å²) < 4.78 is 18.7. The molecule has 0 aliphatic rings. The summed E-state index contributed by atoms with van der Waals surface area (Å²) in [5, 5.41) is 9.39. The van der Waals surface area contributed by atoms with Crippen LogP contribution in [0.1, 0.15) is 24.2 Å². The fourth-order valence-electron chi connectivity index (χ4n) is 1.63. The average molecular weight is 246 g/mol. The van der Waals surface area contributed by atoms with Gasteiger partial charge in [-0.1, -0.05) is 18.2 Å². The van der Waals surface area contributed by atoms with Crippen LogP contribution in [0.3, 0.4) is 0 Å². The van der Waals surface area contributed by atoms with E-state index in [2.05, 4.69) is 0 Å². The zero-order chi connectivity index (χ0) is 13.1. The van der Waals surface area contributed by atoms with Gasteiger partial charge in [0.2, 0.25) is 0 Å². The fraction of sp³-hybridized carbons (Fsp3) is 0.200. The van der Waals surface area contributed by atoms with Crippen molar-refractivity contribution < 1.29 is 14.2 Å². The maximum atomic E-state index is 13.1. The number of ether oxygens (including phenoxy) is 1. The Morgan fingerprint density at radius 2 is 1.78 bits per heavy atom. The third kappa shape index (κ3) is 2.87. The summed E-state index contributed by atoms with van der Waals surface area (Å²) in [7, 11) is 0. The van der Waals surface area contributed by atoms with E-state index in [9.17, 15) is 9.50 Å². The lowest BCUT2D eigenvalue weighted by atomic mass is 10.1. The molecular weight excluding hydrogens is 231 g/mol. The van der Waals surface area contributed by atoms with Crippen molar-refractivity contribution in [1.29, 1.82) is 0 Å². The first kappa shape index (κ1) is 12.6. The molecule has 0 saturated carbocycles. The normalized spacial score (nSPS) is 12.2. The number of hydrogen-bond acceptors (Lipinski definition) is 2. The van der Waals surface area contributed by atoms with Crippen LogP contribution in [0, 0.1) is 12.7 Å². The molecule has 94 valence electrons. The summed E-state index contributed by atoms with van der Waals surface area (Å²) in [5.74, 6) is 0.795. The van der Waals surface area contributed by atoms with Gasteiger partial charge >= 0.3 is 0 Å². The summed E-state index contributed by atoms with van der Waals surface area (Å²) in [6, 6.07) is 11.5. The summed E-state index contributed by atoms with van der Waals surface area (Å²) in [4.78, 5) is 0. The summed E-state index contributed by atoms with van der Waals surface area (Å²) in [6.07, 6.45) is -0.505. The van der Waals surface area contributed by atoms with Crippen molar-refractivity contribution in [3.8, 4) is 11.5 Å². The van der Waals surface area contributed by atoms with Gasteiger partial charge in [-0.2, -0.15) is 0 Å². The van der Waals surface area contributed by atoms with Gasteiger partial charge in [-0.3, -0.25) is 0 Å². The molecule has 0 aromatic heterocycles. The SMILES string of the molecule is Cc1ccc(F)cc1Oc1ccc([C@H](C)O)cc1. The molecule has 0 amide bonds. The monoisotopic (exact) mass is 246 g/mol. The molecule has 2 aromatic carbocycles.